The molecule has 0 fully saturated rings. The van der Waals surface area contributed by atoms with Crippen molar-refractivity contribution in [3.8, 4) is 0 Å². The van der Waals surface area contributed by atoms with Crippen molar-refractivity contribution in [3.63, 3.8) is 0 Å². The zero-order chi connectivity index (χ0) is 18.2. The van der Waals surface area contributed by atoms with Gasteiger partial charge in [-0.25, -0.2) is 4.68 Å². The summed E-state index contributed by atoms with van der Waals surface area (Å²) in [5.41, 5.74) is 3.12. The van der Waals surface area contributed by atoms with E-state index in [0.717, 1.165) is 16.7 Å². The summed E-state index contributed by atoms with van der Waals surface area (Å²) in [4.78, 5) is 12.8. The highest BCUT2D eigenvalue weighted by atomic mass is 16.5. The molecule has 1 atom stereocenters. The van der Waals surface area contributed by atoms with Crippen molar-refractivity contribution >= 4 is 5.91 Å². The highest BCUT2D eigenvalue weighted by Crippen LogP contribution is 2.15. The topological polar surface area (TPSA) is 81.9 Å². The van der Waals surface area contributed by atoms with Crippen LogP contribution in [0.5, 0.6) is 0 Å². The Morgan fingerprint density at radius 3 is 2.54 bits per heavy atom. The van der Waals surface area contributed by atoms with Crippen molar-refractivity contribution < 1.29 is 9.53 Å². The van der Waals surface area contributed by atoms with E-state index >= 15 is 0 Å². The number of aromatic nitrogens is 4. The third-order valence-electron chi connectivity index (χ3n) is 4.13. The van der Waals surface area contributed by atoms with E-state index in [4.69, 9.17) is 4.74 Å². The van der Waals surface area contributed by atoms with Crippen molar-refractivity contribution in [1.82, 2.24) is 25.5 Å². The molecule has 1 aromatic heterocycles. The molecule has 0 spiro atoms. The van der Waals surface area contributed by atoms with Crippen molar-refractivity contribution in [1.29, 1.82) is 0 Å². The van der Waals surface area contributed by atoms with Crippen molar-refractivity contribution in [2.45, 2.75) is 25.6 Å². The summed E-state index contributed by atoms with van der Waals surface area (Å²) in [5.74, 6) is -0.131. The molecular weight excluding hydrogens is 330 g/mol. The van der Waals surface area contributed by atoms with Crippen LogP contribution < -0.4 is 5.32 Å². The SMILES string of the molecule is COCc1ccccc1CNC(=O)C(Cc1ccccc1)n1cnnn1. The molecule has 7 heteroatoms. The van der Waals surface area contributed by atoms with Crippen LogP contribution in [0.25, 0.3) is 0 Å². The number of amides is 1. The quantitative estimate of drug-likeness (QED) is 0.670. The number of benzene rings is 2. The number of carbonyl (C=O) groups is 1. The average molecular weight is 351 g/mol. The summed E-state index contributed by atoms with van der Waals surface area (Å²) in [6, 6.07) is 17.2. The molecule has 0 radical (unpaired) electrons. The highest BCUT2D eigenvalue weighted by molar-refractivity contribution is 5.80. The Kier molecular flexibility index (Phi) is 6.05. The van der Waals surface area contributed by atoms with E-state index in [1.165, 1.54) is 11.0 Å². The number of ether oxygens (including phenoxy) is 1. The van der Waals surface area contributed by atoms with Gasteiger partial charge in [0.2, 0.25) is 5.91 Å². The van der Waals surface area contributed by atoms with Crippen LogP contribution in [0.2, 0.25) is 0 Å². The fourth-order valence-electron chi connectivity index (χ4n) is 2.78. The molecule has 1 N–H and O–H groups in total. The number of nitrogens with one attached hydrogen (secondary N) is 1. The van der Waals surface area contributed by atoms with Crippen LogP contribution in [-0.2, 0) is 29.1 Å². The second kappa shape index (κ2) is 8.87. The molecular formula is C19H21N5O2. The van der Waals surface area contributed by atoms with Crippen molar-refractivity contribution in [3.05, 3.63) is 77.6 Å². The fraction of sp³-hybridized carbons (Fsp3) is 0.263. The van der Waals surface area contributed by atoms with Gasteiger partial charge in [0.05, 0.1) is 6.61 Å². The predicted octanol–water partition coefficient (Wildman–Crippen LogP) is 1.92. The minimum Gasteiger partial charge on any atom is -0.380 e. The van der Waals surface area contributed by atoms with Crippen LogP contribution in [0, 0.1) is 0 Å². The van der Waals surface area contributed by atoms with Gasteiger partial charge in [0.1, 0.15) is 12.4 Å². The van der Waals surface area contributed by atoms with Crippen LogP contribution in [0.4, 0.5) is 0 Å². The van der Waals surface area contributed by atoms with E-state index in [9.17, 15) is 4.79 Å². The smallest absolute Gasteiger partial charge is 0.245 e. The van der Waals surface area contributed by atoms with Crippen LogP contribution in [0.1, 0.15) is 22.7 Å². The van der Waals surface area contributed by atoms with Gasteiger partial charge in [-0.2, -0.15) is 0 Å². The first kappa shape index (κ1) is 17.8. The summed E-state index contributed by atoms with van der Waals surface area (Å²) < 4.78 is 6.71. The third-order valence-corrected chi connectivity index (χ3v) is 4.13. The maximum absolute atomic E-state index is 12.8. The van der Waals surface area contributed by atoms with Gasteiger partial charge in [-0.15, -0.1) is 5.10 Å². The van der Waals surface area contributed by atoms with Gasteiger partial charge in [-0.3, -0.25) is 4.79 Å². The molecule has 3 rings (SSSR count). The molecule has 1 unspecified atom stereocenters. The summed E-state index contributed by atoms with van der Waals surface area (Å²) in [6.45, 7) is 0.929. The minimum absolute atomic E-state index is 0.131. The van der Waals surface area contributed by atoms with Gasteiger partial charge >= 0.3 is 0 Å². The van der Waals surface area contributed by atoms with E-state index < -0.39 is 6.04 Å². The maximum Gasteiger partial charge on any atom is 0.245 e. The summed E-state index contributed by atoms with van der Waals surface area (Å²) in [6.07, 6.45) is 1.98. The fourth-order valence-corrected chi connectivity index (χ4v) is 2.78. The summed E-state index contributed by atoms with van der Waals surface area (Å²) in [7, 11) is 1.66. The predicted molar refractivity (Wildman–Crippen MR) is 96.0 cm³/mol. The molecule has 7 nitrogen and oxygen atoms in total. The molecule has 26 heavy (non-hydrogen) atoms. The first-order valence-corrected chi connectivity index (χ1v) is 8.37. The molecule has 0 aliphatic carbocycles. The van der Waals surface area contributed by atoms with Crippen LogP contribution in [0.15, 0.2) is 60.9 Å². The van der Waals surface area contributed by atoms with Gasteiger partial charge in [-0.1, -0.05) is 54.6 Å². The van der Waals surface area contributed by atoms with Gasteiger partial charge < -0.3 is 10.1 Å². The molecule has 1 heterocycles. The van der Waals surface area contributed by atoms with Crippen LogP contribution in [0.3, 0.4) is 0 Å². The van der Waals surface area contributed by atoms with E-state index in [2.05, 4.69) is 20.8 Å². The van der Waals surface area contributed by atoms with E-state index in [1.54, 1.807) is 7.11 Å². The van der Waals surface area contributed by atoms with Crippen LogP contribution in [-0.4, -0.2) is 33.2 Å². The average Bonchev–Trinajstić information content (AvgIpc) is 3.21. The third kappa shape index (κ3) is 4.52. The lowest BCUT2D eigenvalue weighted by Gasteiger charge is -2.17. The van der Waals surface area contributed by atoms with Crippen molar-refractivity contribution in [2.75, 3.05) is 7.11 Å². The number of tetrazole rings is 1. The number of nitrogens with zero attached hydrogens (tertiary/aromatic N) is 4. The van der Waals surface area contributed by atoms with E-state index in [1.807, 2.05) is 54.6 Å². The molecule has 0 aliphatic rings. The minimum atomic E-state index is -0.512. The van der Waals surface area contributed by atoms with Gasteiger partial charge in [0, 0.05) is 20.1 Å². The Morgan fingerprint density at radius 1 is 1.12 bits per heavy atom. The van der Waals surface area contributed by atoms with Crippen molar-refractivity contribution in [2.24, 2.45) is 0 Å². The number of rotatable bonds is 8. The lowest BCUT2D eigenvalue weighted by molar-refractivity contribution is -0.124. The Morgan fingerprint density at radius 2 is 1.85 bits per heavy atom. The van der Waals surface area contributed by atoms with E-state index in [-0.39, 0.29) is 5.91 Å². The first-order valence-electron chi connectivity index (χ1n) is 8.37. The highest BCUT2D eigenvalue weighted by Gasteiger charge is 2.22. The largest absolute Gasteiger partial charge is 0.380 e. The molecule has 0 bridgehead atoms. The van der Waals surface area contributed by atoms with Crippen LogP contribution >= 0.6 is 0 Å². The Bertz CT molecular complexity index is 821. The number of methoxy groups -OCH3 is 1. The zero-order valence-corrected chi connectivity index (χ0v) is 14.6. The molecule has 0 saturated carbocycles. The second-order valence-corrected chi connectivity index (χ2v) is 5.91. The molecule has 1 amide bonds. The lowest BCUT2D eigenvalue weighted by atomic mass is 10.0. The Hall–Kier alpha value is -3.06. The zero-order valence-electron chi connectivity index (χ0n) is 14.6. The molecule has 0 aliphatic heterocycles. The lowest BCUT2D eigenvalue weighted by Crippen LogP contribution is -2.34. The Labute approximate surface area is 152 Å². The molecule has 3 aromatic rings. The maximum atomic E-state index is 12.8. The number of hydrogen-bond acceptors (Lipinski definition) is 5. The van der Waals surface area contributed by atoms with Gasteiger partial charge in [0.25, 0.3) is 0 Å². The van der Waals surface area contributed by atoms with E-state index in [0.29, 0.717) is 19.6 Å². The molecule has 0 saturated heterocycles. The van der Waals surface area contributed by atoms with Gasteiger partial charge in [-0.05, 0) is 27.1 Å². The summed E-state index contributed by atoms with van der Waals surface area (Å²) in [5, 5.41) is 14.2. The molecule has 134 valence electrons. The monoisotopic (exact) mass is 351 g/mol. The Balaban J connectivity index is 1.72. The van der Waals surface area contributed by atoms with Gasteiger partial charge in [0.15, 0.2) is 0 Å². The summed E-state index contributed by atoms with van der Waals surface area (Å²) >= 11 is 0. The normalized spacial score (nSPS) is 11.9. The number of hydrogen-bond donors (Lipinski definition) is 1. The standard InChI is InChI=1S/C19H21N5O2/c1-26-13-17-10-6-5-9-16(17)12-20-19(25)18(24-14-21-22-23-24)11-15-7-3-2-4-8-15/h2-10,14,18H,11-13H2,1H3,(H,20,25). The first-order chi connectivity index (χ1) is 12.8. The second-order valence-electron chi connectivity index (χ2n) is 5.91. The number of carbonyl (C=O) groups excluding carboxylic acids is 1. The molecule has 2 aromatic carbocycles.